The zero-order valence-corrected chi connectivity index (χ0v) is 17.5. The van der Waals surface area contributed by atoms with Crippen LogP contribution in [0.2, 0.25) is 0 Å². The largest absolute Gasteiger partial charge is 0.477 e. The first kappa shape index (κ1) is 19.5. The van der Waals surface area contributed by atoms with Gasteiger partial charge >= 0.3 is 5.97 Å². The zero-order chi connectivity index (χ0) is 20.1. The predicted octanol–water partition coefficient (Wildman–Crippen LogP) is 3.90. The quantitative estimate of drug-likeness (QED) is 0.735. The number of carbonyl (C=O) groups is 1. The molecule has 1 aliphatic heterocycles. The average Bonchev–Trinajstić information content (AvgIpc) is 3.02. The maximum Gasteiger partial charge on any atom is 0.354 e. The van der Waals surface area contributed by atoms with Crippen LogP contribution in [0.25, 0.3) is 0 Å². The highest BCUT2D eigenvalue weighted by molar-refractivity contribution is 7.93. The molecule has 1 fully saturated rings. The van der Waals surface area contributed by atoms with Gasteiger partial charge in [0.2, 0.25) is 0 Å². The monoisotopic (exact) mass is 420 g/mol. The van der Waals surface area contributed by atoms with Crippen LogP contribution in [0.1, 0.15) is 73.2 Å². The van der Waals surface area contributed by atoms with Crippen molar-refractivity contribution in [3.05, 3.63) is 41.2 Å². The second-order valence-electron chi connectivity index (χ2n) is 7.74. The number of hydrogen-bond donors (Lipinski definition) is 2. The molecule has 2 aromatic rings. The number of carboxylic acids is 1. The first-order chi connectivity index (χ1) is 13.3. The third-order valence-corrected chi connectivity index (χ3v) is 9.26. The summed E-state index contributed by atoms with van der Waals surface area (Å²) >= 11 is 4.47. The van der Waals surface area contributed by atoms with Gasteiger partial charge in [0.25, 0.3) is 0 Å². The Kier molecular flexibility index (Phi) is 4.82. The molecular weight excluding hydrogens is 396 g/mol. The molecule has 2 heterocycles. The van der Waals surface area contributed by atoms with Crippen molar-refractivity contribution in [1.82, 2.24) is 9.55 Å². The third-order valence-electron chi connectivity index (χ3n) is 6.28. The summed E-state index contributed by atoms with van der Waals surface area (Å²) in [5.41, 5.74) is 1.22. The van der Waals surface area contributed by atoms with Crippen molar-refractivity contribution in [3.63, 3.8) is 0 Å². The van der Waals surface area contributed by atoms with Gasteiger partial charge in [-0.2, -0.15) is 0 Å². The van der Waals surface area contributed by atoms with Crippen LogP contribution in [0, 0.1) is 0 Å². The van der Waals surface area contributed by atoms with Gasteiger partial charge in [0.1, 0.15) is 0 Å². The maximum absolute atomic E-state index is 13.6. The number of aryl methyl sites for hydroxylation is 1. The molecule has 1 unspecified atom stereocenters. The van der Waals surface area contributed by atoms with Gasteiger partial charge in [-0.1, -0.05) is 44.4 Å². The molecule has 1 atom stereocenters. The van der Waals surface area contributed by atoms with E-state index in [1.54, 1.807) is 28.8 Å². The van der Waals surface area contributed by atoms with Crippen LogP contribution in [0.5, 0.6) is 0 Å². The van der Waals surface area contributed by atoms with Gasteiger partial charge in [-0.25, -0.2) is 18.2 Å². The fourth-order valence-electron chi connectivity index (χ4n) is 4.94. The highest BCUT2D eigenvalue weighted by Crippen LogP contribution is 2.51. The first-order valence-corrected chi connectivity index (χ1v) is 11.6. The van der Waals surface area contributed by atoms with Crippen molar-refractivity contribution in [2.24, 2.45) is 0 Å². The topological polar surface area (TPSA) is 89.3 Å². The summed E-state index contributed by atoms with van der Waals surface area (Å²) in [5.74, 6) is -1.06. The molecule has 0 bridgehead atoms. The molecule has 1 aromatic heterocycles. The Labute approximate surface area is 170 Å². The van der Waals surface area contributed by atoms with Gasteiger partial charge in [-0.3, -0.25) is 0 Å². The molecular formula is C20H24N2O4S2. The fourth-order valence-corrected chi connectivity index (χ4v) is 7.74. The molecule has 0 saturated heterocycles. The number of benzene rings is 1. The van der Waals surface area contributed by atoms with E-state index >= 15 is 0 Å². The van der Waals surface area contributed by atoms with E-state index < -0.39 is 26.6 Å². The molecule has 1 spiro atoms. The van der Waals surface area contributed by atoms with Crippen LogP contribution < -0.4 is 0 Å². The van der Waals surface area contributed by atoms with Crippen LogP contribution in [0.15, 0.2) is 34.3 Å². The molecule has 2 aliphatic rings. The number of imidazole rings is 1. The Bertz CT molecular complexity index is 1040. The number of thiol groups is 1. The second kappa shape index (κ2) is 6.91. The second-order valence-corrected chi connectivity index (χ2v) is 10.5. The van der Waals surface area contributed by atoms with Crippen molar-refractivity contribution in [2.75, 3.05) is 0 Å². The molecule has 6 nitrogen and oxygen atoms in total. The van der Waals surface area contributed by atoms with E-state index in [0.717, 1.165) is 19.3 Å². The van der Waals surface area contributed by atoms with Gasteiger partial charge in [0.05, 0.1) is 21.4 Å². The molecule has 1 saturated carbocycles. The van der Waals surface area contributed by atoms with E-state index in [1.807, 2.05) is 6.92 Å². The number of hydrogen-bond acceptors (Lipinski definition) is 5. The summed E-state index contributed by atoms with van der Waals surface area (Å²) in [4.78, 5) is 16.7. The number of fused-ring (bicyclic) bond motifs is 1. The molecule has 4 rings (SSSR count). The molecule has 1 aromatic carbocycles. The molecule has 150 valence electrons. The minimum Gasteiger partial charge on any atom is -0.477 e. The third kappa shape index (κ3) is 2.72. The number of rotatable bonds is 3. The zero-order valence-electron chi connectivity index (χ0n) is 15.8. The van der Waals surface area contributed by atoms with Gasteiger partial charge < -0.3 is 9.67 Å². The minimum atomic E-state index is -3.50. The molecule has 0 radical (unpaired) electrons. The number of aromatic nitrogens is 2. The molecule has 1 N–H and O–H groups in total. The highest BCUT2D eigenvalue weighted by atomic mass is 32.2. The minimum absolute atomic E-state index is 0.109. The molecule has 8 heteroatoms. The number of carboxylic acid groups (broad SMARTS) is 1. The average molecular weight is 421 g/mol. The Balaban J connectivity index is 1.99. The van der Waals surface area contributed by atoms with Crippen molar-refractivity contribution in [3.8, 4) is 0 Å². The summed E-state index contributed by atoms with van der Waals surface area (Å²) in [7, 11) is -3.50. The predicted molar refractivity (Wildman–Crippen MR) is 108 cm³/mol. The van der Waals surface area contributed by atoms with E-state index in [2.05, 4.69) is 17.6 Å². The highest BCUT2D eigenvalue weighted by Gasteiger charge is 2.52. The summed E-state index contributed by atoms with van der Waals surface area (Å²) < 4.78 is 27.9. The van der Waals surface area contributed by atoms with Crippen LogP contribution >= 0.6 is 12.6 Å². The SMILES string of the molecule is CCc1nc(S)n(C2CC3(CCCCC3)S(=O)(=O)c3ccccc32)c1C(=O)O. The number of nitrogens with zero attached hydrogens (tertiary/aromatic N) is 2. The van der Waals surface area contributed by atoms with E-state index in [1.165, 1.54) is 0 Å². The Morgan fingerprint density at radius 3 is 2.61 bits per heavy atom. The number of aromatic carboxylic acids is 1. The Morgan fingerprint density at radius 1 is 1.29 bits per heavy atom. The van der Waals surface area contributed by atoms with Crippen molar-refractivity contribution in [1.29, 1.82) is 0 Å². The first-order valence-electron chi connectivity index (χ1n) is 9.69. The smallest absolute Gasteiger partial charge is 0.354 e. The van der Waals surface area contributed by atoms with Gasteiger partial charge in [-0.05, 0) is 37.3 Å². The lowest BCUT2D eigenvalue weighted by atomic mass is 9.81. The van der Waals surface area contributed by atoms with Gasteiger partial charge in [0.15, 0.2) is 20.7 Å². The lowest BCUT2D eigenvalue weighted by molar-refractivity contribution is 0.0680. The van der Waals surface area contributed by atoms with Crippen LogP contribution in [0.4, 0.5) is 0 Å². The number of sulfone groups is 1. The molecule has 1 aliphatic carbocycles. The fraction of sp³-hybridized carbons (Fsp3) is 0.500. The van der Waals surface area contributed by atoms with E-state index in [9.17, 15) is 18.3 Å². The lowest BCUT2D eigenvalue weighted by Crippen LogP contribution is -2.46. The van der Waals surface area contributed by atoms with Crippen molar-refractivity contribution >= 4 is 28.4 Å². The van der Waals surface area contributed by atoms with Crippen LogP contribution in [0.3, 0.4) is 0 Å². The van der Waals surface area contributed by atoms with Crippen LogP contribution in [-0.4, -0.2) is 33.8 Å². The van der Waals surface area contributed by atoms with E-state index in [-0.39, 0.29) is 5.69 Å². The Morgan fingerprint density at radius 2 is 1.96 bits per heavy atom. The summed E-state index contributed by atoms with van der Waals surface area (Å²) in [6, 6.07) is 6.57. The summed E-state index contributed by atoms with van der Waals surface area (Å²) in [6.07, 6.45) is 4.84. The molecule has 28 heavy (non-hydrogen) atoms. The molecule has 0 amide bonds. The Hall–Kier alpha value is -1.80. The van der Waals surface area contributed by atoms with Crippen molar-refractivity contribution < 1.29 is 18.3 Å². The van der Waals surface area contributed by atoms with Crippen LogP contribution in [-0.2, 0) is 16.3 Å². The summed E-state index contributed by atoms with van der Waals surface area (Å²) in [6.45, 7) is 1.86. The summed E-state index contributed by atoms with van der Waals surface area (Å²) in [5, 5.41) is 10.2. The normalized spacial score (nSPS) is 22.7. The standard InChI is InChI=1S/C20H24N2O4S2/c1-2-14-17(18(23)24)22(19(27)21-14)15-12-20(10-6-3-7-11-20)28(25,26)16-9-5-4-8-13(15)16/h4-5,8-9,15H,2-3,6-7,10-12H2,1H3,(H,21,27)(H,23,24). The van der Waals surface area contributed by atoms with E-state index in [4.69, 9.17) is 0 Å². The van der Waals surface area contributed by atoms with E-state index in [0.29, 0.717) is 47.0 Å². The lowest BCUT2D eigenvalue weighted by Gasteiger charge is -2.44. The van der Waals surface area contributed by atoms with Gasteiger partial charge in [-0.15, -0.1) is 12.6 Å². The van der Waals surface area contributed by atoms with Gasteiger partial charge in [0, 0.05) is 0 Å². The maximum atomic E-state index is 13.6. The van der Waals surface area contributed by atoms with Crippen molar-refractivity contribution in [2.45, 2.75) is 72.7 Å².